The number of carboxylic acids is 1. The van der Waals surface area contributed by atoms with Crippen LogP contribution in [0, 0.1) is 0 Å². The molecule has 1 saturated heterocycles. The van der Waals surface area contributed by atoms with Crippen LogP contribution in [0.25, 0.3) is 0 Å². The largest absolute Gasteiger partial charge is 0.475 e. The second-order valence-electron chi connectivity index (χ2n) is 3.62. The van der Waals surface area contributed by atoms with Crippen LogP contribution in [0.4, 0.5) is 5.88 Å². The molecule has 2 rings (SSSR count). The first kappa shape index (κ1) is 10.4. The summed E-state index contributed by atoms with van der Waals surface area (Å²) in [5.74, 6) is -0.686. The van der Waals surface area contributed by atoms with Gasteiger partial charge in [-0.1, -0.05) is 11.6 Å². The summed E-state index contributed by atoms with van der Waals surface area (Å²) < 4.78 is 5.21. The molecule has 1 aliphatic heterocycles. The molecule has 2 heterocycles. The first-order chi connectivity index (χ1) is 7.18. The highest BCUT2D eigenvalue weighted by atomic mass is 35.5. The molecule has 82 valence electrons. The Labute approximate surface area is 92.4 Å². The Bertz CT molecular complexity index is 369. The molecule has 1 aliphatic rings. The van der Waals surface area contributed by atoms with E-state index in [1.807, 2.05) is 4.90 Å². The Morgan fingerprint density at radius 2 is 2.07 bits per heavy atom. The van der Waals surface area contributed by atoms with Crippen molar-refractivity contribution in [3.05, 3.63) is 16.8 Å². The van der Waals surface area contributed by atoms with Gasteiger partial charge in [-0.2, -0.15) is 0 Å². The number of aromatic carboxylic acids is 1. The van der Waals surface area contributed by atoms with Gasteiger partial charge in [-0.3, -0.25) is 0 Å². The maximum atomic E-state index is 10.7. The summed E-state index contributed by atoms with van der Waals surface area (Å²) in [7, 11) is 0. The number of anilines is 1. The molecule has 1 fully saturated rings. The Balaban J connectivity index is 2.22. The minimum atomic E-state index is -1.08. The highest BCUT2D eigenvalue weighted by Gasteiger charge is 2.21. The molecule has 15 heavy (non-hydrogen) atoms. The van der Waals surface area contributed by atoms with Gasteiger partial charge in [0.15, 0.2) is 0 Å². The molecule has 1 N–H and O–H groups in total. The zero-order valence-electron chi connectivity index (χ0n) is 8.20. The third-order valence-electron chi connectivity index (χ3n) is 2.52. The van der Waals surface area contributed by atoms with Gasteiger partial charge < -0.3 is 14.4 Å². The zero-order chi connectivity index (χ0) is 10.8. The third kappa shape index (κ3) is 2.09. The molecule has 0 atom stereocenters. The fraction of sp³-hybridized carbons (Fsp3) is 0.500. The van der Waals surface area contributed by atoms with Crippen LogP contribution in [0.1, 0.15) is 29.8 Å². The Hall–Kier alpha value is -1.16. The second kappa shape index (κ2) is 4.14. The van der Waals surface area contributed by atoms with Crippen LogP contribution in [0.2, 0.25) is 5.02 Å². The summed E-state index contributed by atoms with van der Waals surface area (Å²) in [6, 6.07) is 1.35. The summed E-state index contributed by atoms with van der Waals surface area (Å²) in [5, 5.41) is 9.13. The van der Waals surface area contributed by atoms with Crippen molar-refractivity contribution in [2.75, 3.05) is 18.0 Å². The minimum absolute atomic E-state index is 0.0967. The SMILES string of the molecule is O=C(O)c1cc(Cl)c(N2CCCCC2)o1. The quantitative estimate of drug-likeness (QED) is 0.847. The molecule has 1 aromatic rings. The summed E-state index contributed by atoms with van der Waals surface area (Å²) in [5.41, 5.74) is 0. The lowest BCUT2D eigenvalue weighted by Gasteiger charge is -2.26. The van der Waals surface area contributed by atoms with E-state index >= 15 is 0 Å². The zero-order valence-corrected chi connectivity index (χ0v) is 8.96. The smallest absolute Gasteiger partial charge is 0.371 e. The lowest BCUT2D eigenvalue weighted by molar-refractivity contribution is 0.0663. The number of rotatable bonds is 2. The van der Waals surface area contributed by atoms with E-state index in [1.54, 1.807) is 0 Å². The van der Waals surface area contributed by atoms with Gasteiger partial charge in [-0.05, 0) is 19.3 Å². The number of hydrogen-bond donors (Lipinski definition) is 1. The first-order valence-corrected chi connectivity index (χ1v) is 5.34. The highest BCUT2D eigenvalue weighted by molar-refractivity contribution is 6.33. The predicted molar refractivity (Wildman–Crippen MR) is 56.7 cm³/mol. The van der Waals surface area contributed by atoms with Crippen LogP contribution >= 0.6 is 11.6 Å². The van der Waals surface area contributed by atoms with Gasteiger partial charge in [0.1, 0.15) is 5.02 Å². The molecule has 1 aromatic heterocycles. The topological polar surface area (TPSA) is 53.7 Å². The van der Waals surface area contributed by atoms with E-state index in [0.29, 0.717) is 10.9 Å². The molecule has 4 nitrogen and oxygen atoms in total. The van der Waals surface area contributed by atoms with Crippen LogP contribution < -0.4 is 4.90 Å². The number of piperidine rings is 1. The van der Waals surface area contributed by atoms with Gasteiger partial charge in [-0.25, -0.2) is 4.79 Å². The minimum Gasteiger partial charge on any atom is -0.475 e. The molecule has 0 amide bonds. The van der Waals surface area contributed by atoms with E-state index in [0.717, 1.165) is 25.9 Å². The molecule has 0 unspecified atom stereocenters. The van der Waals surface area contributed by atoms with Crippen molar-refractivity contribution in [1.29, 1.82) is 0 Å². The van der Waals surface area contributed by atoms with E-state index in [-0.39, 0.29) is 5.76 Å². The molecule has 0 aliphatic carbocycles. The number of carboxylic acid groups (broad SMARTS) is 1. The van der Waals surface area contributed by atoms with Gasteiger partial charge >= 0.3 is 5.97 Å². The van der Waals surface area contributed by atoms with Gasteiger partial charge in [0.25, 0.3) is 0 Å². The molecule has 0 radical (unpaired) electrons. The number of halogens is 1. The van der Waals surface area contributed by atoms with Gasteiger partial charge in [0.05, 0.1) is 0 Å². The average Bonchev–Trinajstić information content (AvgIpc) is 2.62. The van der Waals surface area contributed by atoms with Crippen molar-refractivity contribution in [3.63, 3.8) is 0 Å². The molecule has 0 saturated carbocycles. The summed E-state index contributed by atoms with van der Waals surface area (Å²) in [6.45, 7) is 1.76. The van der Waals surface area contributed by atoms with E-state index in [9.17, 15) is 4.79 Å². The van der Waals surface area contributed by atoms with Crippen molar-refractivity contribution in [1.82, 2.24) is 0 Å². The lowest BCUT2D eigenvalue weighted by Crippen LogP contribution is -2.29. The average molecular weight is 230 g/mol. The van der Waals surface area contributed by atoms with Crippen LogP contribution in [-0.2, 0) is 0 Å². The number of hydrogen-bond acceptors (Lipinski definition) is 3. The molecular weight excluding hydrogens is 218 g/mol. The van der Waals surface area contributed by atoms with Crippen molar-refractivity contribution in [2.24, 2.45) is 0 Å². The lowest BCUT2D eigenvalue weighted by atomic mass is 10.1. The maximum Gasteiger partial charge on any atom is 0.371 e. The van der Waals surface area contributed by atoms with E-state index in [2.05, 4.69) is 0 Å². The normalized spacial score (nSPS) is 16.7. The van der Waals surface area contributed by atoms with Crippen LogP contribution in [0.3, 0.4) is 0 Å². The maximum absolute atomic E-state index is 10.7. The van der Waals surface area contributed by atoms with E-state index < -0.39 is 5.97 Å². The van der Waals surface area contributed by atoms with Crippen molar-refractivity contribution in [2.45, 2.75) is 19.3 Å². The number of carbonyl (C=O) groups is 1. The van der Waals surface area contributed by atoms with Crippen molar-refractivity contribution in [3.8, 4) is 0 Å². The fourth-order valence-corrected chi connectivity index (χ4v) is 2.03. The van der Waals surface area contributed by atoms with Crippen molar-refractivity contribution >= 4 is 23.5 Å². The predicted octanol–water partition coefficient (Wildman–Crippen LogP) is 2.62. The molecule has 0 aromatic carbocycles. The Kier molecular flexibility index (Phi) is 2.86. The van der Waals surface area contributed by atoms with Gasteiger partial charge in [0.2, 0.25) is 11.6 Å². The number of nitrogens with zero attached hydrogens (tertiary/aromatic N) is 1. The molecule has 5 heteroatoms. The van der Waals surface area contributed by atoms with E-state index in [4.69, 9.17) is 21.1 Å². The van der Waals surface area contributed by atoms with Crippen LogP contribution in [-0.4, -0.2) is 24.2 Å². The highest BCUT2D eigenvalue weighted by Crippen LogP contribution is 2.31. The first-order valence-electron chi connectivity index (χ1n) is 4.96. The van der Waals surface area contributed by atoms with Crippen LogP contribution in [0.5, 0.6) is 0 Å². The van der Waals surface area contributed by atoms with Gasteiger partial charge in [0, 0.05) is 19.2 Å². The standard InChI is InChI=1S/C10H12ClNO3/c11-7-6-8(10(13)14)15-9(7)12-4-2-1-3-5-12/h6H,1-5H2,(H,13,14). The van der Waals surface area contributed by atoms with E-state index in [1.165, 1.54) is 12.5 Å². The number of furan rings is 1. The fourth-order valence-electron chi connectivity index (χ4n) is 1.78. The molecule has 0 spiro atoms. The van der Waals surface area contributed by atoms with Gasteiger partial charge in [-0.15, -0.1) is 0 Å². The Morgan fingerprint density at radius 1 is 1.40 bits per heavy atom. The monoisotopic (exact) mass is 229 g/mol. The third-order valence-corrected chi connectivity index (χ3v) is 2.79. The second-order valence-corrected chi connectivity index (χ2v) is 4.02. The summed E-state index contributed by atoms with van der Waals surface area (Å²) >= 11 is 5.92. The Morgan fingerprint density at radius 3 is 2.60 bits per heavy atom. The van der Waals surface area contributed by atoms with Crippen LogP contribution in [0.15, 0.2) is 10.5 Å². The molecular formula is C10H12ClNO3. The van der Waals surface area contributed by atoms with Crippen molar-refractivity contribution < 1.29 is 14.3 Å². The summed E-state index contributed by atoms with van der Waals surface area (Å²) in [6.07, 6.45) is 3.40. The molecule has 0 bridgehead atoms. The summed E-state index contributed by atoms with van der Waals surface area (Å²) in [4.78, 5) is 12.7.